The van der Waals surface area contributed by atoms with Gasteiger partial charge in [0.1, 0.15) is 6.04 Å². The van der Waals surface area contributed by atoms with E-state index in [1.807, 2.05) is 24.4 Å². The van der Waals surface area contributed by atoms with Gasteiger partial charge in [-0.3, -0.25) is 9.48 Å². The highest BCUT2D eigenvalue weighted by Crippen LogP contribution is 2.34. The zero-order valence-electron chi connectivity index (χ0n) is 11.5. The topological polar surface area (TPSA) is 68.2 Å². The van der Waals surface area contributed by atoms with E-state index in [0.29, 0.717) is 13.2 Å². The molecule has 1 unspecified atom stereocenters. The summed E-state index contributed by atoms with van der Waals surface area (Å²) in [6.45, 7) is 1.28. The van der Waals surface area contributed by atoms with Crippen LogP contribution in [0, 0.1) is 0 Å². The summed E-state index contributed by atoms with van der Waals surface area (Å²) < 4.78 is 7.74. The van der Waals surface area contributed by atoms with Gasteiger partial charge >= 0.3 is 0 Å². The Morgan fingerprint density at radius 3 is 3.19 bits per heavy atom. The van der Waals surface area contributed by atoms with Crippen molar-refractivity contribution in [2.24, 2.45) is 0 Å². The zero-order chi connectivity index (χ0) is 14.8. The first-order chi connectivity index (χ1) is 10.2. The third-order valence-electron chi connectivity index (χ3n) is 3.31. The predicted octanol–water partition coefficient (Wildman–Crippen LogP) is 2.40. The van der Waals surface area contributed by atoms with Gasteiger partial charge in [-0.15, -0.1) is 0 Å². The fraction of sp³-hybridized carbons (Fsp3) is 0.286. The second-order valence-electron chi connectivity index (χ2n) is 4.78. The molecule has 110 valence electrons. The van der Waals surface area contributed by atoms with Crippen LogP contribution in [-0.4, -0.2) is 29.4 Å². The van der Waals surface area contributed by atoms with E-state index in [4.69, 9.17) is 4.74 Å². The van der Waals surface area contributed by atoms with Gasteiger partial charge in [-0.2, -0.15) is 5.10 Å². The van der Waals surface area contributed by atoms with E-state index in [-0.39, 0.29) is 5.91 Å². The maximum atomic E-state index is 12.1. The Morgan fingerprint density at radius 2 is 2.38 bits per heavy atom. The average Bonchev–Trinajstić information content (AvgIpc) is 3.03. The lowest BCUT2D eigenvalue weighted by molar-refractivity contribution is -0.116. The first-order valence-electron chi connectivity index (χ1n) is 6.55. The third kappa shape index (κ3) is 2.93. The van der Waals surface area contributed by atoms with E-state index in [9.17, 15) is 4.79 Å². The van der Waals surface area contributed by atoms with Crippen molar-refractivity contribution in [1.82, 2.24) is 9.78 Å². The fourth-order valence-electron chi connectivity index (χ4n) is 2.29. The number of hydrogen-bond acceptors (Lipinski definition) is 4. The first kappa shape index (κ1) is 14.1. The molecule has 0 bridgehead atoms. The molecule has 1 aliphatic rings. The number of carbonyl (C=O) groups excluding carboxylic acids is 1. The van der Waals surface area contributed by atoms with Crippen LogP contribution in [0.4, 0.5) is 11.4 Å². The minimum Gasteiger partial charge on any atom is -0.383 e. The van der Waals surface area contributed by atoms with Crippen LogP contribution in [0.5, 0.6) is 0 Å². The maximum Gasteiger partial charge on any atom is 0.251 e. The molecule has 1 aromatic heterocycles. The lowest BCUT2D eigenvalue weighted by atomic mass is 10.1. The van der Waals surface area contributed by atoms with Crippen molar-refractivity contribution in [3.63, 3.8) is 0 Å². The molecule has 0 saturated heterocycles. The van der Waals surface area contributed by atoms with Crippen LogP contribution in [0.25, 0.3) is 0 Å². The molecule has 21 heavy (non-hydrogen) atoms. The molecule has 0 fully saturated rings. The monoisotopic (exact) mass is 350 g/mol. The van der Waals surface area contributed by atoms with Crippen molar-refractivity contribution >= 4 is 33.2 Å². The maximum absolute atomic E-state index is 12.1. The second kappa shape index (κ2) is 5.87. The van der Waals surface area contributed by atoms with Crippen LogP contribution in [0.1, 0.15) is 11.6 Å². The number of rotatable bonds is 5. The fourth-order valence-corrected chi connectivity index (χ4v) is 2.67. The van der Waals surface area contributed by atoms with Gasteiger partial charge in [0.2, 0.25) is 0 Å². The summed E-state index contributed by atoms with van der Waals surface area (Å²) in [4.78, 5) is 12.1. The molecule has 1 amide bonds. The smallest absolute Gasteiger partial charge is 0.251 e. The molecule has 3 rings (SSSR count). The van der Waals surface area contributed by atoms with Gasteiger partial charge in [0.25, 0.3) is 5.91 Å². The van der Waals surface area contributed by atoms with Gasteiger partial charge in [0.15, 0.2) is 0 Å². The molecule has 0 radical (unpaired) electrons. The number of nitrogens with zero attached hydrogens (tertiary/aromatic N) is 2. The van der Waals surface area contributed by atoms with Crippen LogP contribution in [0.3, 0.4) is 0 Å². The second-order valence-corrected chi connectivity index (χ2v) is 5.70. The lowest BCUT2D eigenvalue weighted by Gasteiger charge is -2.11. The summed E-state index contributed by atoms with van der Waals surface area (Å²) in [5.41, 5.74) is 2.57. The van der Waals surface area contributed by atoms with Gasteiger partial charge in [-0.25, -0.2) is 0 Å². The van der Waals surface area contributed by atoms with Crippen LogP contribution < -0.4 is 10.6 Å². The molecular weight excluding hydrogens is 336 g/mol. The minimum atomic E-state index is -0.405. The highest BCUT2D eigenvalue weighted by molar-refractivity contribution is 9.10. The summed E-state index contributed by atoms with van der Waals surface area (Å²) >= 11 is 3.43. The molecule has 2 heterocycles. The number of nitrogens with one attached hydrogen (secondary N) is 2. The highest BCUT2D eigenvalue weighted by atomic mass is 79.9. The summed E-state index contributed by atoms with van der Waals surface area (Å²) in [5, 5.41) is 10.3. The van der Waals surface area contributed by atoms with Crippen LogP contribution in [0.15, 0.2) is 35.1 Å². The molecule has 1 atom stereocenters. The van der Waals surface area contributed by atoms with Crippen LogP contribution >= 0.6 is 15.9 Å². The molecule has 2 N–H and O–H groups in total. The number of anilines is 2. The Morgan fingerprint density at radius 1 is 1.52 bits per heavy atom. The zero-order valence-corrected chi connectivity index (χ0v) is 13.1. The quantitative estimate of drug-likeness (QED) is 0.868. The molecule has 7 heteroatoms. The summed E-state index contributed by atoms with van der Waals surface area (Å²) in [5.74, 6) is -0.0623. The SMILES string of the molecule is COCCn1cc(NC2C(=O)Nc3ccc(Br)cc32)cn1. The number of fused-ring (bicyclic) bond motifs is 1. The van der Waals surface area contributed by atoms with Crippen molar-refractivity contribution < 1.29 is 9.53 Å². The van der Waals surface area contributed by atoms with Crippen molar-refractivity contribution in [3.8, 4) is 0 Å². The third-order valence-corrected chi connectivity index (χ3v) is 3.81. The van der Waals surface area contributed by atoms with Gasteiger partial charge in [-0.1, -0.05) is 15.9 Å². The van der Waals surface area contributed by atoms with Crippen molar-refractivity contribution in [1.29, 1.82) is 0 Å². The molecular formula is C14H15BrN4O2. The number of benzene rings is 1. The number of hydrogen-bond donors (Lipinski definition) is 2. The number of amides is 1. The van der Waals surface area contributed by atoms with Crippen LogP contribution in [0.2, 0.25) is 0 Å². The largest absolute Gasteiger partial charge is 0.383 e. The molecule has 0 spiro atoms. The van der Waals surface area contributed by atoms with E-state index in [1.165, 1.54) is 0 Å². The predicted molar refractivity (Wildman–Crippen MR) is 83.2 cm³/mol. The van der Waals surface area contributed by atoms with E-state index >= 15 is 0 Å². The van der Waals surface area contributed by atoms with Crippen molar-refractivity contribution in [2.45, 2.75) is 12.6 Å². The summed E-state index contributed by atoms with van der Waals surface area (Å²) in [6, 6.07) is 5.34. The summed E-state index contributed by atoms with van der Waals surface area (Å²) in [7, 11) is 1.65. The van der Waals surface area contributed by atoms with E-state index in [2.05, 4.69) is 31.7 Å². The number of ether oxygens (including phenoxy) is 1. The molecule has 0 saturated carbocycles. The molecule has 1 aromatic carbocycles. The van der Waals surface area contributed by atoms with E-state index in [0.717, 1.165) is 21.4 Å². The highest BCUT2D eigenvalue weighted by Gasteiger charge is 2.30. The molecule has 2 aromatic rings. The minimum absolute atomic E-state index is 0.0623. The Balaban J connectivity index is 1.77. The van der Waals surface area contributed by atoms with Crippen molar-refractivity contribution in [2.75, 3.05) is 24.4 Å². The summed E-state index contributed by atoms with van der Waals surface area (Å²) in [6.07, 6.45) is 3.57. The first-order valence-corrected chi connectivity index (χ1v) is 7.35. The number of aromatic nitrogens is 2. The van der Waals surface area contributed by atoms with E-state index in [1.54, 1.807) is 18.0 Å². The average molecular weight is 351 g/mol. The number of carbonyl (C=O) groups is 1. The Bertz CT molecular complexity index is 671. The Labute approximate surface area is 130 Å². The van der Waals surface area contributed by atoms with Gasteiger partial charge in [-0.05, 0) is 18.2 Å². The standard InChI is InChI=1S/C14H15BrN4O2/c1-21-5-4-19-8-10(7-16-19)17-13-11-6-9(15)2-3-12(11)18-14(13)20/h2-3,6-8,13,17H,4-5H2,1H3,(H,18,20). The Kier molecular flexibility index (Phi) is 3.94. The number of methoxy groups -OCH3 is 1. The van der Waals surface area contributed by atoms with Gasteiger partial charge in [0, 0.05) is 29.0 Å². The van der Waals surface area contributed by atoms with Crippen molar-refractivity contribution in [3.05, 3.63) is 40.6 Å². The van der Waals surface area contributed by atoms with Gasteiger partial charge in [0.05, 0.1) is 25.0 Å². The Hall–Kier alpha value is -1.86. The number of halogens is 1. The molecule has 0 aliphatic carbocycles. The van der Waals surface area contributed by atoms with Gasteiger partial charge < -0.3 is 15.4 Å². The van der Waals surface area contributed by atoms with Crippen LogP contribution in [-0.2, 0) is 16.1 Å². The molecule has 6 nitrogen and oxygen atoms in total. The normalized spacial score (nSPS) is 16.7. The van der Waals surface area contributed by atoms with E-state index < -0.39 is 6.04 Å². The molecule has 1 aliphatic heterocycles. The lowest BCUT2D eigenvalue weighted by Crippen LogP contribution is -2.19.